The van der Waals surface area contributed by atoms with E-state index in [1.165, 1.54) is 0 Å². The highest BCUT2D eigenvalue weighted by Crippen LogP contribution is 2.19. The van der Waals surface area contributed by atoms with Gasteiger partial charge in [-0.2, -0.15) is 0 Å². The van der Waals surface area contributed by atoms with Gasteiger partial charge in [0.15, 0.2) is 9.84 Å². The quantitative estimate of drug-likeness (QED) is 0.908. The number of carbonyl (C=O) groups is 1. The molecule has 2 rings (SSSR count). The van der Waals surface area contributed by atoms with Gasteiger partial charge in [-0.05, 0) is 25.0 Å². The van der Waals surface area contributed by atoms with E-state index in [-0.39, 0.29) is 23.6 Å². The minimum absolute atomic E-state index is 0.0823. The molecular formula is C15H22N2O3S. The zero-order valence-corrected chi connectivity index (χ0v) is 13.1. The van der Waals surface area contributed by atoms with Gasteiger partial charge in [0.1, 0.15) is 0 Å². The Morgan fingerprint density at radius 1 is 1.33 bits per heavy atom. The zero-order chi connectivity index (χ0) is 15.3. The molecule has 0 bridgehead atoms. The number of amides is 2. The van der Waals surface area contributed by atoms with E-state index in [1.54, 1.807) is 4.90 Å². The lowest BCUT2D eigenvalue weighted by atomic mass is 10.2. The van der Waals surface area contributed by atoms with Crippen molar-refractivity contribution in [3.8, 4) is 0 Å². The topological polar surface area (TPSA) is 66.5 Å². The summed E-state index contributed by atoms with van der Waals surface area (Å²) in [4.78, 5) is 14.1. The summed E-state index contributed by atoms with van der Waals surface area (Å²) in [6.45, 7) is 2.65. The highest BCUT2D eigenvalue weighted by Gasteiger charge is 2.34. The van der Waals surface area contributed by atoms with Crippen LogP contribution < -0.4 is 5.32 Å². The maximum Gasteiger partial charge on any atom is 0.322 e. The van der Waals surface area contributed by atoms with Gasteiger partial charge < -0.3 is 10.2 Å². The van der Waals surface area contributed by atoms with E-state index in [0.717, 1.165) is 18.5 Å². The third kappa shape index (κ3) is 4.46. The van der Waals surface area contributed by atoms with Crippen LogP contribution in [0.3, 0.4) is 0 Å². The smallest absolute Gasteiger partial charge is 0.320 e. The van der Waals surface area contributed by atoms with Gasteiger partial charge in [-0.1, -0.05) is 31.5 Å². The summed E-state index contributed by atoms with van der Waals surface area (Å²) >= 11 is 0. The molecule has 0 spiro atoms. The summed E-state index contributed by atoms with van der Waals surface area (Å²) < 4.78 is 23.3. The van der Waals surface area contributed by atoms with Gasteiger partial charge in [-0.3, -0.25) is 0 Å². The van der Waals surface area contributed by atoms with Crippen LogP contribution in [0.4, 0.5) is 10.5 Å². The highest BCUT2D eigenvalue weighted by molar-refractivity contribution is 7.91. The van der Waals surface area contributed by atoms with Crippen molar-refractivity contribution in [3.63, 3.8) is 0 Å². The lowest BCUT2D eigenvalue weighted by Gasteiger charge is -2.28. The first-order chi connectivity index (χ1) is 10.0. The average Bonchev–Trinajstić information content (AvgIpc) is 2.80. The predicted octanol–water partition coefficient (Wildman–Crippen LogP) is 2.51. The second-order valence-electron chi connectivity index (χ2n) is 5.40. The van der Waals surface area contributed by atoms with Crippen molar-refractivity contribution >= 4 is 21.6 Å². The number of sulfone groups is 1. The number of para-hydroxylation sites is 1. The summed E-state index contributed by atoms with van der Waals surface area (Å²) in [7, 11) is -2.99. The zero-order valence-electron chi connectivity index (χ0n) is 12.3. The summed E-state index contributed by atoms with van der Waals surface area (Å²) in [6, 6.07) is 8.82. The Bertz CT molecular complexity index is 572. The molecule has 116 valence electrons. The van der Waals surface area contributed by atoms with E-state index in [0.29, 0.717) is 13.0 Å². The van der Waals surface area contributed by atoms with Crippen LogP contribution in [0.5, 0.6) is 0 Å². The average molecular weight is 310 g/mol. The number of urea groups is 1. The fraction of sp³-hybridized carbons (Fsp3) is 0.533. The number of carbonyl (C=O) groups excluding carboxylic acids is 1. The molecule has 0 aliphatic carbocycles. The Morgan fingerprint density at radius 2 is 2.05 bits per heavy atom. The maximum absolute atomic E-state index is 12.4. The number of unbranched alkanes of at least 4 members (excludes halogenated alkanes) is 1. The van der Waals surface area contributed by atoms with E-state index in [2.05, 4.69) is 12.2 Å². The summed E-state index contributed by atoms with van der Waals surface area (Å²) in [5, 5.41) is 2.85. The monoisotopic (exact) mass is 310 g/mol. The van der Waals surface area contributed by atoms with E-state index in [4.69, 9.17) is 0 Å². The highest BCUT2D eigenvalue weighted by atomic mass is 32.2. The second-order valence-corrected chi connectivity index (χ2v) is 7.63. The van der Waals surface area contributed by atoms with Crippen molar-refractivity contribution in [1.82, 2.24) is 4.90 Å². The first-order valence-electron chi connectivity index (χ1n) is 7.35. The van der Waals surface area contributed by atoms with Crippen molar-refractivity contribution in [2.24, 2.45) is 0 Å². The normalized spacial score (nSPS) is 20.1. The van der Waals surface area contributed by atoms with Crippen molar-refractivity contribution < 1.29 is 13.2 Å². The summed E-state index contributed by atoms with van der Waals surface area (Å²) in [5.74, 6) is 0.262. The van der Waals surface area contributed by atoms with E-state index in [1.807, 2.05) is 30.3 Å². The molecule has 1 aliphatic rings. The number of anilines is 1. The molecule has 1 aliphatic heterocycles. The third-order valence-corrected chi connectivity index (χ3v) is 5.44. The lowest BCUT2D eigenvalue weighted by Crippen LogP contribution is -2.44. The molecule has 1 heterocycles. The molecule has 1 fully saturated rings. The molecular weight excluding hydrogens is 288 g/mol. The van der Waals surface area contributed by atoms with Gasteiger partial charge in [0.2, 0.25) is 0 Å². The van der Waals surface area contributed by atoms with Crippen LogP contribution in [0.15, 0.2) is 30.3 Å². The Balaban J connectivity index is 2.06. The fourth-order valence-electron chi connectivity index (χ4n) is 2.52. The van der Waals surface area contributed by atoms with Crippen molar-refractivity contribution in [1.29, 1.82) is 0 Å². The first kappa shape index (κ1) is 15.8. The Morgan fingerprint density at radius 3 is 2.62 bits per heavy atom. The molecule has 2 amide bonds. The summed E-state index contributed by atoms with van der Waals surface area (Å²) in [5.41, 5.74) is 0.727. The SMILES string of the molecule is CCCCN(C(=O)Nc1ccccc1)[C@H]1CCS(=O)(=O)C1. The molecule has 1 aromatic carbocycles. The molecule has 0 saturated carbocycles. The standard InChI is InChI=1S/C15H22N2O3S/c1-2-3-10-17(14-9-11-21(19,20)12-14)15(18)16-13-7-5-4-6-8-13/h4-8,14H,2-3,9-12H2,1H3,(H,16,18)/t14-/m0/s1. The van der Waals surface area contributed by atoms with Gasteiger partial charge in [0, 0.05) is 18.3 Å². The summed E-state index contributed by atoms with van der Waals surface area (Å²) in [6.07, 6.45) is 2.38. The molecule has 0 radical (unpaired) electrons. The molecule has 6 heteroatoms. The molecule has 5 nitrogen and oxygen atoms in total. The van der Waals surface area contributed by atoms with Crippen LogP contribution >= 0.6 is 0 Å². The van der Waals surface area contributed by atoms with Crippen molar-refractivity contribution in [2.45, 2.75) is 32.2 Å². The Hall–Kier alpha value is -1.56. The lowest BCUT2D eigenvalue weighted by molar-refractivity contribution is 0.192. The van der Waals surface area contributed by atoms with Crippen LogP contribution in [0.1, 0.15) is 26.2 Å². The molecule has 1 saturated heterocycles. The van der Waals surface area contributed by atoms with Crippen molar-refractivity contribution in [3.05, 3.63) is 30.3 Å². The van der Waals surface area contributed by atoms with Gasteiger partial charge in [-0.15, -0.1) is 0 Å². The maximum atomic E-state index is 12.4. The molecule has 1 atom stereocenters. The molecule has 1 aromatic rings. The van der Waals surface area contributed by atoms with Gasteiger partial charge >= 0.3 is 6.03 Å². The van der Waals surface area contributed by atoms with E-state index < -0.39 is 9.84 Å². The van der Waals surface area contributed by atoms with Crippen LogP contribution in [0.25, 0.3) is 0 Å². The van der Waals surface area contributed by atoms with Gasteiger partial charge in [0.05, 0.1) is 11.5 Å². The number of rotatable bonds is 5. The Labute approximate surface area is 126 Å². The molecule has 21 heavy (non-hydrogen) atoms. The molecule has 0 unspecified atom stereocenters. The number of hydrogen-bond donors (Lipinski definition) is 1. The van der Waals surface area contributed by atoms with Gasteiger partial charge in [0.25, 0.3) is 0 Å². The Kier molecular flexibility index (Phi) is 5.22. The minimum Gasteiger partial charge on any atom is -0.320 e. The molecule has 1 N–H and O–H groups in total. The number of nitrogens with zero attached hydrogens (tertiary/aromatic N) is 1. The number of nitrogens with one attached hydrogen (secondary N) is 1. The van der Waals surface area contributed by atoms with E-state index in [9.17, 15) is 13.2 Å². The number of hydrogen-bond acceptors (Lipinski definition) is 3. The van der Waals surface area contributed by atoms with Crippen LogP contribution in [0, 0.1) is 0 Å². The predicted molar refractivity (Wildman–Crippen MR) is 84.1 cm³/mol. The van der Waals surface area contributed by atoms with E-state index >= 15 is 0 Å². The van der Waals surface area contributed by atoms with Crippen LogP contribution in [0.2, 0.25) is 0 Å². The second kappa shape index (κ2) is 6.93. The fourth-order valence-corrected chi connectivity index (χ4v) is 4.25. The molecule has 0 aromatic heterocycles. The first-order valence-corrected chi connectivity index (χ1v) is 9.17. The third-order valence-electron chi connectivity index (χ3n) is 3.69. The largest absolute Gasteiger partial charge is 0.322 e. The van der Waals surface area contributed by atoms with Crippen molar-refractivity contribution in [2.75, 3.05) is 23.4 Å². The van der Waals surface area contributed by atoms with Crippen LogP contribution in [-0.4, -0.2) is 43.4 Å². The number of benzene rings is 1. The minimum atomic E-state index is -2.99. The van der Waals surface area contributed by atoms with Gasteiger partial charge in [-0.25, -0.2) is 13.2 Å². The van der Waals surface area contributed by atoms with Crippen LogP contribution in [-0.2, 0) is 9.84 Å².